The molecular weight excluding hydrogens is 336 g/mol. The highest BCUT2D eigenvalue weighted by molar-refractivity contribution is 7.19. The first-order valence-corrected chi connectivity index (χ1v) is 8.35. The van der Waals surface area contributed by atoms with Crippen molar-refractivity contribution in [1.29, 1.82) is 5.26 Å². The molecule has 2 aromatic carbocycles. The van der Waals surface area contributed by atoms with Crippen molar-refractivity contribution in [2.24, 2.45) is 0 Å². The van der Waals surface area contributed by atoms with Crippen LogP contribution in [0.15, 0.2) is 48.5 Å². The summed E-state index contributed by atoms with van der Waals surface area (Å²) in [6.07, 6.45) is 1.71. The van der Waals surface area contributed by atoms with Gasteiger partial charge in [-0.1, -0.05) is 24.3 Å². The fraction of sp³-hybridized carbons (Fsp3) is 0.105. The maximum atomic E-state index is 11.2. The summed E-state index contributed by atoms with van der Waals surface area (Å²) < 4.78 is 6.24. The van der Waals surface area contributed by atoms with Crippen LogP contribution in [0.25, 0.3) is 21.9 Å². The van der Waals surface area contributed by atoms with E-state index in [0.717, 1.165) is 15.8 Å². The van der Waals surface area contributed by atoms with Crippen LogP contribution < -0.4 is 4.74 Å². The second kappa shape index (κ2) is 7.60. The number of ether oxygens (including phenoxy) is 1. The molecule has 0 radical (unpaired) electrons. The number of carboxylic acids is 1. The molecule has 25 heavy (non-hydrogen) atoms. The smallest absolute Gasteiger partial charge is 0.307 e. The number of fused-ring (bicyclic) bond motifs is 1. The quantitative estimate of drug-likeness (QED) is 0.720. The van der Waals surface area contributed by atoms with E-state index in [0.29, 0.717) is 16.3 Å². The summed E-state index contributed by atoms with van der Waals surface area (Å²) in [6.45, 7) is -0.00878. The fourth-order valence-corrected chi connectivity index (χ4v) is 3.32. The third kappa shape index (κ3) is 4.22. The number of rotatable bonds is 6. The minimum absolute atomic E-state index is 0.00878. The topological polar surface area (TPSA) is 83.2 Å². The second-order valence-corrected chi connectivity index (χ2v) is 6.27. The normalized spacial score (nSPS) is 11.2. The van der Waals surface area contributed by atoms with E-state index in [1.165, 1.54) is 11.3 Å². The fourth-order valence-electron chi connectivity index (χ4n) is 2.34. The van der Waals surface area contributed by atoms with Crippen molar-refractivity contribution in [3.8, 4) is 11.8 Å². The Morgan fingerprint density at radius 3 is 2.68 bits per heavy atom. The van der Waals surface area contributed by atoms with Crippen LogP contribution in [0.3, 0.4) is 0 Å². The molecule has 0 atom stereocenters. The van der Waals surface area contributed by atoms with Gasteiger partial charge in [0.2, 0.25) is 0 Å². The SMILES string of the molecule is N#CCOc1ccc(/C=C(\CC(=O)O)c2nc3ccccc3s2)cc1. The number of carboxylic acid groups (broad SMARTS) is 1. The van der Waals surface area contributed by atoms with Crippen LogP contribution in [0.4, 0.5) is 0 Å². The van der Waals surface area contributed by atoms with Crippen molar-refractivity contribution in [2.45, 2.75) is 6.42 Å². The molecule has 124 valence electrons. The molecule has 1 N–H and O–H groups in total. The number of aliphatic carboxylic acids is 1. The molecule has 0 aliphatic carbocycles. The standard InChI is InChI=1S/C19H14N2O3S/c20-9-10-24-15-7-5-13(6-8-15)11-14(12-18(22)23)19-21-16-3-1-2-4-17(16)25-19/h1-8,11H,10,12H2,(H,22,23)/b14-11+. The average Bonchev–Trinajstić information content (AvgIpc) is 3.04. The van der Waals surface area contributed by atoms with Gasteiger partial charge in [-0.3, -0.25) is 4.79 Å². The molecule has 0 unspecified atom stereocenters. The molecule has 0 spiro atoms. The third-order valence-electron chi connectivity index (χ3n) is 3.43. The van der Waals surface area contributed by atoms with E-state index >= 15 is 0 Å². The molecule has 1 aromatic heterocycles. The van der Waals surface area contributed by atoms with E-state index < -0.39 is 5.97 Å². The van der Waals surface area contributed by atoms with Crippen LogP contribution in [0, 0.1) is 11.3 Å². The van der Waals surface area contributed by atoms with Crippen molar-refractivity contribution in [2.75, 3.05) is 6.61 Å². The number of nitrogens with zero attached hydrogens (tertiary/aromatic N) is 2. The Bertz CT molecular complexity index is 935. The Morgan fingerprint density at radius 1 is 1.24 bits per heavy atom. The monoisotopic (exact) mass is 350 g/mol. The molecule has 3 rings (SSSR count). The number of aromatic nitrogens is 1. The van der Waals surface area contributed by atoms with Gasteiger partial charge in [0.1, 0.15) is 16.8 Å². The summed E-state index contributed by atoms with van der Waals surface area (Å²) in [5.41, 5.74) is 2.36. The highest BCUT2D eigenvalue weighted by Crippen LogP contribution is 2.30. The lowest BCUT2D eigenvalue weighted by Crippen LogP contribution is -1.97. The van der Waals surface area contributed by atoms with Crippen LogP contribution >= 0.6 is 11.3 Å². The van der Waals surface area contributed by atoms with E-state index in [4.69, 9.17) is 10.00 Å². The van der Waals surface area contributed by atoms with Gasteiger partial charge in [0, 0.05) is 0 Å². The zero-order valence-corrected chi connectivity index (χ0v) is 14.0. The van der Waals surface area contributed by atoms with E-state index in [1.807, 2.05) is 48.5 Å². The molecular formula is C19H14N2O3S. The predicted octanol–water partition coefficient (Wildman–Crippen LogP) is 4.21. The number of hydrogen-bond acceptors (Lipinski definition) is 5. The Morgan fingerprint density at radius 2 is 2.00 bits per heavy atom. The van der Waals surface area contributed by atoms with E-state index in [-0.39, 0.29) is 13.0 Å². The van der Waals surface area contributed by atoms with Gasteiger partial charge in [-0.15, -0.1) is 11.3 Å². The minimum Gasteiger partial charge on any atom is -0.481 e. The maximum Gasteiger partial charge on any atom is 0.307 e. The maximum absolute atomic E-state index is 11.2. The molecule has 1 heterocycles. The van der Waals surface area contributed by atoms with Gasteiger partial charge >= 0.3 is 5.97 Å². The lowest BCUT2D eigenvalue weighted by molar-refractivity contribution is -0.135. The van der Waals surface area contributed by atoms with Gasteiger partial charge in [0.15, 0.2) is 6.61 Å². The molecule has 0 amide bonds. The highest BCUT2D eigenvalue weighted by atomic mass is 32.1. The summed E-state index contributed by atoms with van der Waals surface area (Å²) in [5, 5.41) is 18.5. The first-order chi connectivity index (χ1) is 12.2. The molecule has 0 fully saturated rings. The molecule has 0 saturated carbocycles. The Balaban J connectivity index is 1.93. The van der Waals surface area contributed by atoms with E-state index in [9.17, 15) is 9.90 Å². The van der Waals surface area contributed by atoms with E-state index in [1.54, 1.807) is 12.1 Å². The first-order valence-electron chi connectivity index (χ1n) is 7.54. The van der Waals surface area contributed by atoms with Crippen molar-refractivity contribution in [3.63, 3.8) is 0 Å². The number of para-hydroxylation sites is 1. The lowest BCUT2D eigenvalue weighted by Gasteiger charge is -2.04. The molecule has 0 aliphatic rings. The number of nitriles is 1. The molecule has 5 nitrogen and oxygen atoms in total. The van der Waals surface area contributed by atoms with Crippen LogP contribution in [0.5, 0.6) is 5.75 Å². The zero-order valence-electron chi connectivity index (χ0n) is 13.2. The van der Waals surface area contributed by atoms with Crippen molar-refractivity contribution < 1.29 is 14.6 Å². The average molecular weight is 350 g/mol. The van der Waals surface area contributed by atoms with Crippen molar-refractivity contribution >= 4 is 39.2 Å². The van der Waals surface area contributed by atoms with Crippen LogP contribution in [0.1, 0.15) is 17.0 Å². The van der Waals surface area contributed by atoms with Crippen LogP contribution in [-0.2, 0) is 4.79 Å². The Labute approximate surface area is 148 Å². The lowest BCUT2D eigenvalue weighted by atomic mass is 10.1. The van der Waals surface area contributed by atoms with Crippen LogP contribution in [0.2, 0.25) is 0 Å². The predicted molar refractivity (Wildman–Crippen MR) is 97.3 cm³/mol. The van der Waals surface area contributed by atoms with Gasteiger partial charge < -0.3 is 9.84 Å². The van der Waals surface area contributed by atoms with Crippen molar-refractivity contribution in [1.82, 2.24) is 4.98 Å². The number of thiazole rings is 1. The molecule has 0 bridgehead atoms. The summed E-state index contributed by atoms with van der Waals surface area (Å²) in [5.74, 6) is -0.307. The minimum atomic E-state index is -0.903. The number of carbonyl (C=O) groups is 1. The summed E-state index contributed by atoms with van der Waals surface area (Å²) in [4.78, 5) is 15.8. The molecule has 0 aliphatic heterocycles. The second-order valence-electron chi connectivity index (χ2n) is 5.24. The van der Waals surface area contributed by atoms with Gasteiger partial charge in [-0.25, -0.2) is 4.98 Å². The van der Waals surface area contributed by atoms with Gasteiger partial charge in [-0.05, 0) is 41.5 Å². The molecule has 6 heteroatoms. The van der Waals surface area contributed by atoms with Gasteiger partial charge in [0.05, 0.1) is 16.6 Å². The van der Waals surface area contributed by atoms with E-state index in [2.05, 4.69) is 4.98 Å². The third-order valence-corrected chi connectivity index (χ3v) is 4.55. The highest BCUT2D eigenvalue weighted by Gasteiger charge is 2.12. The number of hydrogen-bond donors (Lipinski definition) is 1. The summed E-state index contributed by atoms with van der Waals surface area (Å²) in [7, 11) is 0. The van der Waals surface area contributed by atoms with Gasteiger partial charge in [0.25, 0.3) is 0 Å². The summed E-state index contributed by atoms with van der Waals surface area (Å²) in [6, 6.07) is 16.8. The summed E-state index contributed by atoms with van der Waals surface area (Å²) >= 11 is 1.48. The van der Waals surface area contributed by atoms with Gasteiger partial charge in [-0.2, -0.15) is 5.26 Å². The Kier molecular flexibility index (Phi) is 5.07. The van der Waals surface area contributed by atoms with Crippen molar-refractivity contribution in [3.05, 3.63) is 59.1 Å². The largest absolute Gasteiger partial charge is 0.481 e. The zero-order chi connectivity index (χ0) is 17.6. The molecule has 3 aromatic rings. The Hall–Kier alpha value is -3.17. The number of benzene rings is 2. The first kappa shape index (κ1) is 16.7. The van der Waals surface area contributed by atoms with Crippen LogP contribution in [-0.4, -0.2) is 22.7 Å². The molecule has 0 saturated heterocycles.